The van der Waals surface area contributed by atoms with E-state index in [1.165, 1.54) is 26.0 Å². The molecule has 366 valence electrons. The van der Waals surface area contributed by atoms with Gasteiger partial charge in [0, 0.05) is 30.5 Å². The van der Waals surface area contributed by atoms with Crippen LogP contribution in [0.1, 0.15) is 144 Å². The van der Waals surface area contributed by atoms with E-state index in [4.69, 9.17) is 23.7 Å². The Hall–Kier alpha value is -6.05. The number of ketones is 2. The van der Waals surface area contributed by atoms with Crippen molar-refractivity contribution in [2.75, 3.05) is 20.3 Å². The number of esters is 2. The van der Waals surface area contributed by atoms with Crippen LogP contribution in [0.15, 0.2) is 60.7 Å². The minimum atomic E-state index is -0.990. The van der Waals surface area contributed by atoms with Crippen molar-refractivity contribution >= 4 is 23.5 Å². The second kappa shape index (κ2) is 33.5. The Labute approximate surface area is 390 Å². The molecule has 0 radical (unpaired) electrons. The van der Waals surface area contributed by atoms with Crippen LogP contribution >= 0.6 is 0 Å². The fourth-order valence-corrected chi connectivity index (χ4v) is 5.68. The quantitative estimate of drug-likeness (QED) is 0.0498. The predicted octanol–water partition coefficient (Wildman–Crippen LogP) is 12.4. The highest BCUT2D eigenvalue weighted by molar-refractivity contribution is 5.80. The van der Waals surface area contributed by atoms with Gasteiger partial charge in [-0.3, -0.25) is 9.59 Å². The van der Waals surface area contributed by atoms with Gasteiger partial charge in [-0.2, -0.15) is 0 Å². The number of hydrogen-bond donors (Lipinski definition) is 2. The summed E-state index contributed by atoms with van der Waals surface area (Å²) in [5, 5.41) is 22.1. The molecule has 1 heterocycles. The number of aromatic nitrogens is 3. The molecule has 4 rings (SSSR count). The lowest BCUT2D eigenvalue weighted by Gasteiger charge is -2.15. The summed E-state index contributed by atoms with van der Waals surface area (Å²) in [5.74, 6) is 0.340. The van der Waals surface area contributed by atoms with Crippen LogP contribution in [0.4, 0.5) is 0 Å². The first-order chi connectivity index (χ1) is 27.8. The zero-order valence-electron chi connectivity index (χ0n) is 33.8. The highest BCUT2D eigenvalue weighted by Gasteiger charge is 2.21. The number of phenolic OH excluding ortho intramolecular Hbond substituents is 2. The van der Waals surface area contributed by atoms with Gasteiger partial charge in [0.2, 0.25) is 0 Å². The van der Waals surface area contributed by atoms with Crippen LogP contribution in [0, 0.1) is 0 Å². The molecular weight excluding hydrogens is 831 g/mol. The molecule has 14 nitrogen and oxygen atoms in total. The number of carbonyl (C=O) groups is 4. The van der Waals surface area contributed by atoms with Gasteiger partial charge in [0.05, 0.1) is 31.5 Å². The molecular formula is C51H81N3O11. The van der Waals surface area contributed by atoms with Crippen molar-refractivity contribution in [2.45, 2.75) is 156 Å². The van der Waals surface area contributed by atoms with Crippen molar-refractivity contribution in [3.8, 4) is 62.9 Å². The number of unbranched alkanes of at least 4 members (excludes halogenated alkanes) is 6. The van der Waals surface area contributed by atoms with Gasteiger partial charge in [-0.15, -0.1) is 0 Å². The number of nitrogens with zero attached hydrogens (tertiary/aromatic N) is 3. The van der Waals surface area contributed by atoms with Gasteiger partial charge in [0.1, 0.15) is 34.5 Å². The van der Waals surface area contributed by atoms with Crippen molar-refractivity contribution in [1.29, 1.82) is 0 Å². The molecule has 0 bridgehead atoms. The third-order valence-corrected chi connectivity index (χ3v) is 9.14. The molecule has 0 saturated heterocycles. The summed E-state index contributed by atoms with van der Waals surface area (Å²) in [6, 6.07) is 16.0. The van der Waals surface area contributed by atoms with Gasteiger partial charge in [0.15, 0.2) is 35.5 Å². The number of aromatic hydroxyl groups is 2. The molecule has 0 spiro atoms. The average Bonchev–Trinajstić information content (AvgIpc) is 3.19. The number of hydrogen-bond acceptors (Lipinski definition) is 14. The van der Waals surface area contributed by atoms with Crippen LogP contribution in [0.3, 0.4) is 0 Å². The van der Waals surface area contributed by atoms with Gasteiger partial charge in [0.25, 0.3) is 0 Å². The van der Waals surface area contributed by atoms with E-state index >= 15 is 0 Å². The molecule has 0 aliphatic rings. The lowest BCUT2D eigenvalue weighted by molar-refractivity contribution is -0.151. The van der Waals surface area contributed by atoms with Gasteiger partial charge < -0.3 is 38.7 Å². The SMILES string of the molecule is C.C.C.C.C.C.C.COc1ccc(-c2nc(-c3ccc(OC(C)C(C)=O)cc3O)nc(-c3ccc(OC(C)C(=O)OCCCCOC(=O)CCCCCCCCC(C)=O)cc3O)n2)cc1. The van der Waals surface area contributed by atoms with E-state index in [1.54, 1.807) is 69.5 Å². The Morgan fingerprint density at radius 1 is 0.538 bits per heavy atom. The van der Waals surface area contributed by atoms with Crippen molar-refractivity contribution in [3.63, 3.8) is 0 Å². The summed E-state index contributed by atoms with van der Waals surface area (Å²) in [5.41, 5.74) is 1.10. The number of Topliss-reactive ketones (excluding diaryl/α,β-unsaturated/α-hetero) is 2. The number of ether oxygens (including phenoxy) is 5. The molecule has 4 aromatic rings. The Kier molecular flexibility index (Phi) is 33.7. The lowest BCUT2D eigenvalue weighted by atomic mass is 10.1. The molecule has 1 aromatic heterocycles. The maximum atomic E-state index is 12.6. The standard InChI is InChI=1S/C44H53N3O11.7CH4/c1-28(48)14-10-8-6-7-9-11-15-40(52)55-24-12-13-25-56-44(53)31(4)58-35-21-23-37(39(51)27-35)43-46-41(32-16-18-33(54-5)19-17-32)45-42(47-43)36-22-20-34(26-38(36)50)57-30(3)29(2)49;;;;;;;/h16-23,26-27,30-31,50-51H,6-15,24-25H2,1-5H3;7*1H4. The fraction of sp³-hybridized carbons (Fsp3) is 0.510. The van der Waals surface area contributed by atoms with E-state index in [9.17, 15) is 29.4 Å². The molecule has 0 aliphatic heterocycles. The van der Waals surface area contributed by atoms with Crippen LogP contribution in [0.25, 0.3) is 34.2 Å². The Morgan fingerprint density at radius 2 is 0.969 bits per heavy atom. The third-order valence-electron chi connectivity index (χ3n) is 9.14. The smallest absolute Gasteiger partial charge is 0.347 e. The summed E-state index contributed by atoms with van der Waals surface area (Å²) >= 11 is 0. The second-order valence-electron chi connectivity index (χ2n) is 13.9. The maximum absolute atomic E-state index is 12.6. The molecule has 2 unspecified atom stereocenters. The Bertz CT molecular complexity index is 2000. The fourth-order valence-electron chi connectivity index (χ4n) is 5.68. The zero-order valence-corrected chi connectivity index (χ0v) is 33.8. The van der Waals surface area contributed by atoms with E-state index in [0.717, 1.165) is 38.5 Å². The molecule has 2 N–H and O–H groups in total. The molecule has 65 heavy (non-hydrogen) atoms. The normalized spacial score (nSPS) is 10.7. The van der Waals surface area contributed by atoms with Crippen LogP contribution in [-0.2, 0) is 28.7 Å². The maximum Gasteiger partial charge on any atom is 0.347 e. The minimum absolute atomic E-state index is 0. The van der Waals surface area contributed by atoms with E-state index < -0.39 is 18.2 Å². The van der Waals surface area contributed by atoms with Gasteiger partial charge in [-0.1, -0.05) is 77.7 Å². The lowest BCUT2D eigenvalue weighted by Crippen LogP contribution is -2.26. The number of phenols is 2. The molecule has 3 aromatic carbocycles. The largest absolute Gasteiger partial charge is 0.507 e. The second-order valence-corrected chi connectivity index (χ2v) is 13.9. The first kappa shape index (κ1) is 65.6. The summed E-state index contributed by atoms with van der Waals surface area (Å²) in [7, 11) is 1.55. The van der Waals surface area contributed by atoms with Crippen LogP contribution in [-0.4, -0.2) is 81.2 Å². The van der Waals surface area contributed by atoms with Crippen molar-refractivity contribution in [2.24, 2.45) is 0 Å². The number of methoxy groups -OCH3 is 1. The minimum Gasteiger partial charge on any atom is -0.507 e. The van der Waals surface area contributed by atoms with Gasteiger partial charge in [-0.25, -0.2) is 19.7 Å². The van der Waals surface area contributed by atoms with E-state index in [2.05, 4.69) is 15.0 Å². The third kappa shape index (κ3) is 21.5. The van der Waals surface area contributed by atoms with Crippen LogP contribution in [0.2, 0.25) is 0 Å². The Balaban J connectivity index is -0.00000266. The zero-order chi connectivity index (χ0) is 42.0. The van der Waals surface area contributed by atoms with E-state index in [0.29, 0.717) is 37.0 Å². The van der Waals surface area contributed by atoms with Gasteiger partial charge >= 0.3 is 11.9 Å². The monoisotopic (exact) mass is 912 g/mol. The van der Waals surface area contributed by atoms with E-state index in [-0.39, 0.29) is 134 Å². The summed E-state index contributed by atoms with van der Waals surface area (Å²) in [6.07, 6.45) is 6.11. The molecule has 14 heteroatoms. The van der Waals surface area contributed by atoms with E-state index in [1.807, 2.05) is 0 Å². The average molecular weight is 912 g/mol. The first-order valence-corrected chi connectivity index (χ1v) is 19.6. The summed E-state index contributed by atoms with van der Waals surface area (Å²) in [6.45, 7) is 6.53. The Morgan fingerprint density at radius 3 is 1.43 bits per heavy atom. The molecule has 0 aliphatic carbocycles. The van der Waals surface area contributed by atoms with Crippen LogP contribution in [0.5, 0.6) is 28.7 Å². The van der Waals surface area contributed by atoms with Crippen molar-refractivity contribution in [1.82, 2.24) is 15.0 Å². The topological polar surface area (TPSA) is 194 Å². The number of rotatable bonds is 24. The van der Waals surface area contributed by atoms with Crippen molar-refractivity contribution < 1.29 is 53.1 Å². The summed E-state index contributed by atoms with van der Waals surface area (Å²) < 4.78 is 27.3. The predicted molar refractivity (Wildman–Crippen MR) is 263 cm³/mol. The highest BCUT2D eigenvalue weighted by atomic mass is 16.6. The van der Waals surface area contributed by atoms with Crippen molar-refractivity contribution in [3.05, 3.63) is 60.7 Å². The molecule has 2 atom stereocenters. The molecule has 0 fully saturated rings. The molecule has 0 amide bonds. The first-order valence-electron chi connectivity index (χ1n) is 19.6. The number of benzene rings is 3. The molecule has 0 saturated carbocycles. The number of carbonyl (C=O) groups excluding carboxylic acids is 4. The van der Waals surface area contributed by atoms with Gasteiger partial charge in [-0.05, 0) is 102 Å². The van der Waals surface area contributed by atoms with Crippen LogP contribution < -0.4 is 14.2 Å². The highest BCUT2D eigenvalue weighted by Crippen LogP contribution is 2.36. The summed E-state index contributed by atoms with van der Waals surface area (Å²) in [4.78, 5) is 61.1.